The first kappa shape index (κ1) is 31.0. The van der Waals surface area contributed by atoms with E-state index in [1.54, 1.807) is 12.5 Å². The van der Waals surface area contributed by atoms with Crippen LogP contribution in [0.4, 0.5) is 0 Å². The Morgan fingerprint density at radius 3 is 2.28 bits per heavy atom. The minimum absolute atomic E-state index is 0.260. The van der Waals surface area contributed by atoms with Crippen molar-refractivity contribution in [2.75, 3.05) is 7.11 Å². The van der Waals surface area contributed by atoms with E-state index in [2.05, 4.69) is 25.7 Å². The number of carboxylic acid groups (broad SMARTS) is 1. The van der Waals surface area contributed by atoms with Gasteiger partial charge in [0.1, 0.15) is 0 Å². The molecule has 0 aliphatic carbocycles. The van der Waals surface area contributed by atoms with Crippen LogP contribution in [0.2, 0.25) is 0 Å². The molecule has 1 heterocycles. The fourth-order valence-corrected chi connectivity index (χ4v) is 3.89. The monoisotopic (exact) mass is 496 g/mol. The van der Waals surface area contributed by atoms with Crippen molar-refractivity contribution in [3.05, 3.63) is 82.9 Å². The highest BCUT2D eigenvalue weighted by Gasteiger charge is 2.14. The van der Waals surface area contributed by atoms with E-state index in [1.807, 2.05) is 39.0 Å². The lowest BCUT2D eigenvalue weighted by Gasteiger charge is -2.16. The predicted octanol–water partition coefficient (Wildman–Crippen LogP) is 8.16. The van der Waals surface area contributed by atoms with Gasteiger partial charge in [-0.3, -0.25) is 0 Å². The van der Waals surface area contributed by atoms with Gasteiger partial charge in [-0.05, 0) is 103 Å². The summed E-state index contributed by atoms with van der Waals surface area (Å²) in [4.78, 5) is 23.8. The number of hydrogen-bond acceptors (Lipinski definition) is 4. The Kier molecular flexibility index (Phi) is 14.9. The van der Waals surface area contributed by atoms with Crippen LogP contribution < -0.4 is 0 Å². The number of methoxy groups -OCH3 is 1. The number of allylic oxidation sites excluding steroid dienone is 7. The van der Waals surface area contributed by atoms with Crippen LogP contribution in [-0.2, 0) is 20.7 Å². The van der Waals surface area contributed by atoms with Gasteiger partial charge in [-0.25, -0.2) is 9.59 Å². The van der Waals surface area contributed by atoms with Gasteiger partial charge in [0.15, 0.2) is 0 Å². The summed E-state index contributed by atoms with van der Waals surface area (Å²) in [6, 6.07) is 1.93. The van der Waals surface area contributed by atoms with Gasteiger partial charge in [0, 0.05) is 11.1 Å². The van der Waals surface area contributed by atoms with E-state index in [-0.39, 0.29) is 11.9 Å². The van der Waals surface area contributed by atoms with Gasteiger partial charge in [0.05, 0.1) is 19.6 Å². The van der Waals surface area contributed by atoms with E-state index in [4.69, 9.17) is 9.15 Å². The summed E-state index contributed by atoms with van der Waals surface area (Å²) in [6.45, 7) is 12.3. The Labute approximate surface area is 217 Å². The highest BCUT2D eigenvalue weighted by Crippen LogP contribution is 2.25. The van der Waals surface area contributed by atoms with Gasteiger partial charge < -0.3 is 14.3 Å². The second kappa shape index (κ2) is 17.4. The molecule has 0 aliphatic rings. The molecular formula is C31H44O5. The van der Waals surface area contributed by atoms with Gasteiger partial charge in [-0.2, -0.15) is 0 Å². The molecule has 0 fully saturated rings. The lowest BCUT2D eigenvalue weighted by Crippen LogP contribution is -2.08. The smallest absolute Gasteiger partial charge is 0.333 e. The first-order chi connectivity index (χ1) is 17.1. The van der Waals surface area contributed by atoms with Crippen molar-refractivity contribution in [3.8, 4) is 0 Å². The molecule has 0 radical (unpaired) electrons. The van der Waals surface area contributed by atoms with Gasteiger partial charge in [-0.1, -0.05) is 47.6 Å². The summed E-state index contributed by atoms with van der Waals surface area (Å²) in [5.41, 5.74) is 5.81. The fourth-order valence-electron chi connectivity index (χ4n) is 3.89. The maximum Gasteiger partial charge on any atom is 0.333 e. The quantitative estimate of drug-likeness (QED) is 0.134. The molecule has 1 atom stereocenters. The molecule has 0 saturated heterocycles. The van der Waals surface area contributed by atoms with Crippen LogP contribution in [0.15, 0.2) is 81.8 Å². The zero-order chi connectivity index (χ0) is 26.9. The van der Waals surface area contributed by atoms with Crippen molar-refractivity contribution >= 4 is 11.9 Å². The highest BCUT2D eigenvalue weighted by molar-refractivity contribution is 5.88. The maximum atomic E-state index is 12.3. The van der Waals surface area contributed by atoms with Crippen molar-refractivity contribution in [3.63, 3.8) is 0 Å². The number of carbonyl (C=O) groups excluding carboxylic acids is 1. The zero-order valence-corrected chi connectivity index (χ0v) is 22.8. The van der Waals surface area contributed by atoms with E-state index in [1.165, 1.54) is 18.3 Å². The molecule has 0 aliphatic heterocycles. The normalized spacial score (nSPS) is 13.3. The van der Waals surface area contributed by atoms with Crippen molar-refractivity contribution < 1.29 is 23.8 Å². The third-order valence-corrected chi connectivity index (χ3v) is 6.23. The predicted molar refractivity (Wildman–Crippen MR) is 147 cm³/mol. The Bertz CT molecular complexity index is 953. The van der Waals surface area contributed by atoms with Crippen LogP contribution in [0.5, 0.6) is 0 Å². The molecule has 1 unspecified atom stereocenters. The second-order valence-electron chi connectivity index (χ2n) is 9.65. The lowest BCUT2D eigenvalue weighted by atomic mass is 9.89. The minimum Gasteiger partial charge on any atom is -0.478 e. The van der Waals surface area contributed by atoms with E-state index in [0.717, 1.165) is 49.7 Å². The van der Waals surface area contributed by atoms with Crippen LogP contribution in [0.25, 0.3) is 0 Å². The highest BCUT2D eigenvalue weighted by atomic mass is 16.5. The van der Waals surface area contributed by atoms with Gasteiger partial charge >= 0.3 is 11.9 Å². The number of carboxylic acids is 1. The van der Waals surface area contributed by atoms with Crippen LogP contribution in [0.3, 0.4) is 0 Å². The molecule has 0 bridgehead atoms. The zero-order valence-electron chi connectivity index (χ0n) is 22.8. The van der Waals surface area contributed by atoms with E-state index < -0.39 is 5.97 Å². The SMILES string of the molecule is C=C(C)C(C/C=C(\C)CC/C=C(\CCC=C(C)C)C(=O)O)CC/C(=C/CCc1ccoc1)C(=O)OC. The van der Waals surface area contributed by atoms with Gasteiger partial charge in [0.25, 0.3) is 0 Å². The van der Waals surface area contributed by atoms with Crippen molar-refractivity contribution in [2.45, 2.75) is 85.5 Å². The molecular weight excluding hydrogens is 452 g/mol. The van der Waals surface area contributed by atoms with Crippen LogP contribution in [-0.4, -0.2) is 24.2 Å². The second-order valence-corrected chi connectivity index (χ2v) is 9.65. The third-order valence-electron chi connectivity index (χ3n) is 6.23. The molecule has 0 aromatic carbocycles. The first-order valence-corrected chi connectivity index (χ1v) is 12.8. The molecule has 198 valence electrons. The Hall–Kier alpha value is -3.08. The minimum atomic E-state index is -0.833. The summed E-state index contributed by atoms with van der Waals surface area (Å²) in [6.07, 6.45) is 18.2. The summed E-state index contributed by atoms with van der Waals surface area (Å²) in [5.74, 6) is -0.851. The molecule has 5 nitrogen and oxygen atoms in total. The molecule has 1 rings (SSSR count). The molecule has 0 amide bonds. The molecule has 5 heteroatoms. The van der Waals surface area contributed by atoms with Crippen molar-refractivity contribution in [2.24, 2.45) is 5.92 Å². The van der Waals surface area contributed by atoms with Crippen molar-refractivity contribution in [1.29, 1.82) is 0 Å². The number of carbonyl (C=O) groups is 2. The van der Waals surface area contributed by atoms with Crippen LogP contribution in [0.1, 0.15) is 84.6 Å². The van der Waals surface area contributed by atoms with Gasteiger partial charge in [0.2, 0.25) is 0 Å². The number of aliphatic carboxylic acids is 1. The van der Waals surface area contributed by atoms with E-state index in [9.17, 15) is 14.7 Å². The van der Waals surface area contributed by atoms with Gasteiger partial charge in [-0.15, -0.1) is 0 Å². The number of furan rings is 1. The standard InChI is InChI=1S/C31H44O5/c1-23(2)10-7-13-28(30(32)33)14-8-11-25(5)16-17-27(24(3)4)18-19-29(31(34)35-6)15-9-12-26-20-21-36-22-26/h10,14-16,20-22,27H,3,7-9,11-13,17-19H2,1-2,4-6H3,(H,32,33)/b25-16+,28-14+,29-15-. The third kappa shape index (κ3) is 13.1. The van der Waals surface area contributed by atoms with Crippen LogP contribution >= 0.6 is 0 Å². The first-order valence-electron chi connectivity index (χ1n) is 12.8. The van der Waals surface area contributed by atoms with E-state index in [0.29, 0.717) is 30.4 Å². The molecule has 36 heavy (non-hydrogen) atoms. The summed E-state index contributed by atoms with van der Waals surface area (Å²) in [5, 5.41) is 9.45. The number of hydrogen-bond donors (Lipinski definition) is 1. The summed E-state index contributed by atoms with van der Waals surface area (Å²) in [7, 11) is 1.42. The topological polar surface area (TPSA) is 76.7 Å². The van der Waals surface area contributed by atoms with Crippen molar-refractivity contribution in [1.82, 2.24) is 0 Å². The Morgan fingerprint density at radius 1 is 1.00 bits per heavy atom. The van der Waals surface area contributed by atoms with Crippen LogP contribution in [0, 0.1) is 5.92 Å². The maximum absolute atomic E-state index is 12.3. The number of esters is 1. The lowest BCUT2D eigenvalue weighted by molar-refractivity contribution is -0.136. The number of rotatable bonds is 17. The largest absolute Gasteiger partial charge is 0.478 e. The van der Waals surface area contributed by atoms with E-state index >= 15 is 0 Å². The Balaban J connectivity index is 2.65. The average Bonchev–Trinajstić information content (AvgIpc) is 3.34. The average molecular weight is 497 g/mol. The molecule has 1 N–H and O–H groups in total. The molecule has 1 aromatic rings. The molecule has 0 saturated carbocycles. The summed E-state index contributed by atoms with van der Waals surface area (Å²) >= 11 is 0. The fraction of sp³-hybridized carbons (Fsp3) is 0.484. The molecule has 1 aromatic heterocycles. The molecule has 0 spiro atoms. The summed E-state index contributed by atoms with van der Waals surface area (Å²) < 4.78 is 10.1. The number of aryl methyl sites for hydroxylation is 1. The Morgan fingerprint density at radius 2 is 1.69 bits per heavy atom. The number of ether oxygens (including phenoxy) is 1.